The normalized spacial score (nSPS) is 19.0. The molecule has 0 bridgehead atoms. The molecule has 4 aliphatic carbocycles. The summed E-state index contributed by atoms with van der Waals surface area (Å²) in [4.78, 5) is 54.5. The van der Waals surface area contributed by atoms with E-state index in [-0.39, 0.29) is 55.2 Å². The summed E-state index contributed by atoms with van der Waals surface area (Å²) in [6.07, 6.45) is 22.6. The van der Waals surface area contributed by atoms with Crippen LogP contribution in [0.2, 0.25) is 30.1 Å². The van der Waals surface area contributed by atoms with Gasteiger partial charge in [0, 0.05) is 0 Å². The lowest BCUT2D eigenvalue weighted by Crippen LogP contribution is -2.32. The number of carbonyl (C=O) groups excluding carboxylic acids is 4. The third-order valence-corrected chi connectivity index (χ3v) is 15.2. The SMILES string of the molecule is O=C(Oc1c(Cl)cc(Cl)c(Cl)c1C(=O)OCC(C1CCCCC1)C1CCCCC1)C(=O)Oc1c(Cl)cc(Cl)c(Cl)c1C(=O)OCC(C1CCCCC1)C1CCCCC1. The third-order valence-electron chi connectivity index (χ3n) is 13.1. The van der Waals surface area contributed by atoms with Crippen LogP contribution in [-0.2, 0) is 19.1 Å². The van der Waals surface area contributed by atoms with E-state index >= 15 is 0 Å². The summed E-state index contributed by atoms with van der Waals surface area (Å²) in [5, 5.41) is -1.26. The quantitative estimate of drug-likeness (QED) is 0.0897. The van der Waals surface area contributed by atoms with Crippen molar-refractivity contribution in [1.82, 2.24) is 0 Å². The first-order valence-corrected chi connectivity index (χ1v) is 23.3. The largest absolute Gasteiger partial charge is 0.462 e. The lowest BCUT2D eigenvalue weighted by Gasteiger charge is -2.37. The van der Waals surface area contributed by atoms with Crippen LogP contribution in [0.3, 0.4) is 0 Å². The molecule has 4 aliphatic rings. The van der Waals surface area contributed by atoms with Crippen molar-refractivity contribution in [3.63, 3.8) is 0 Å². The van der Waals surface area contributed by atoms with E-state index < -0.39 is 46.5 Å². The number of ether oxygens (including phenoxy) is 4. The van der Waals surface area contributed by atoms with Gasteiger partial charge in [-0.25, -0.2) is 19.2 Å². The minimum absolute atomic E-state index is 0.0861. The molecule has 2 aromatic carbocycles. The molecule has 0 unspecified atom stereocenters. The van der Waals surface area contributed by atoms with Crippen LogP contribution in [0, 0.1) is 35.5 Å². The average Bonchev–Trinajstić information content (AvgIpc) is 3.23. The lowest BCUT2D eigenvalue weighted by molar-refractivity contribution is -0.156. The number of hydrogen-bond acceptors (Lipinski definition) is 8. The van der Waals surface area contributed by atoms with Gasteiger partial charge in [0.25, 0.3) is 0 Å². The third kappa shape index (κ3) is 11.3. The van der Waals surface area contributed by atoms with E-state index in [4.69, 9.17) is 88.6 Å². The maximum absolute atomic E-state index is 13.8. The molecule has 0 aromatic heterocycles. The van der Waals surface area contributed by atoms with Gasteiger partial charge in [-0.1, -0.05) is 198 Å². The first kappa shape index (κ1) is 45.6. The fraction of sp³-hybridized carbons (Fsp3) is 0.636. The van der Waals surface area contributed by atoms with Crippen LogP contribution in [0.1, 0.15) is 149 Å². The second-order valence-corrected chi connectivity index (χ2v) is 19.0. The van der Waals surface area contributed by atoms with E-state index in [1.165, 1.54) is 37.8 Å². The monoisotopic (exact) mass is 918 g/mol. The van der Waals surface area contributed by atoms with Crippen molar-refractivity contribution in [2.24, 2.45) is 35.5 Å². The van der Waals surface area contributed by atoms with Gasteiger partial charge in [0.05, 0.1) is 43.3 Å². The topological polar surface area (TPSA) is 105 Å². The van der Waals surface area contributed by atoms with Crippen LogP contribution in [0.25, 0.3) is 0 Å². The summed E-state index contributed by atoms with van der Waals surface area (Å²) in [5.41, 5.74) is -0.817. The van der Waals surface area contributed by atoms with Gasteiger partial charge in [-0.15, -0.1) is 0 Å². The standard InChI is InChI=1S/C44H52Cl6O8/c45-31-21-33(47)39(35(37(31)49)41(51)55-23-29(25-13-5-1-6-14-25)26-15-7-2-8-16-26)57-43(53)44(54)58-40-34(48)22-32(46)38(50)36(40)42(52)56-24-30(27-17-9-3-10-18-27)28-19-11-4-12-20-28/h21-22,25-30H,1-20,23-24H2. The molecule has 0 aliphatic heterocycles. The van der Waals surface area contributed by atoms with Crippen LogP contribution in [-0.4, -0.2) is 37.1 Å². The van der Waals surface area contributed by atoms with Gasteiger partial charge in [-0.3, -0.25) is 0 Å². The van der Waals surface area contributed by atoms with Crippen molar-refractivity contribution in [1.29, 1.82) is 0 Å². The fourth-order valence-corrected chi connectivity index (χ4v) is 11.5. The molecule has 4 fully saturated rings. The molecule has 58 heavy (non-hydrogen) atoms. The highest BCUT2D eigenvalue weighted by molar-refractivity contribution is 6.47. The first-order chi connectivity index (χ1) is 27.9. The Morgan fingerprint density at radius 3 is 1.00 bits per heavy atom. The zero-order chi connectivity index (χ0) is 41.3. The number of benzene rings is 2. The molecule has 6 rings (SSSR count). The Kier molecular flexibility index (Phi) is 17.1. The summed E-state index contributed by atoms with van der Waals surface area (Å²) in [6.45, 7) is 0.307. The number of esters is 4. The molecular weight excluding hydrogens is 869 g/mol. The van der Waals surface area contributed by atoms with Gasteiger partial charge in [-0.05, 0) is 47.6 Å². The molecule has 0 amide bonds. The van der Waals surface area contributed by atoms with Crippen molar-refractivity contribution in [3.8, 4) is 11.5 Å². The fourth-order valence-electron chi connectivity index (χ4n) is 10.0. The van der Waals surface area contributed by atoms with Gasteiger partial charge >= 0.3 is 23.9 Å². The Morgan fingerprint density at radius 2 is 0.724 bits per heavy atom. The maximum Gasteiger partial charge on any atom is 0.423 e. The molecule has 4 saturated carbocycles. The van der Waals surface area contributed by atoms with Crippen molar-refractivity contribution < 1.29 is 38.1 Å². The van der Waals surface area contributed by atoms with Crippen molar-refractivity contribution in [2.75, 3.05) is 13.2 Å². The number of carbonyl (C=O) groups is 4. The highest BCUT2D eigenvalue weighted by Gasteiger charge is 2.37. The van der Waals surface area contributed by atoms with Crippen molar-refractivity contribution in [3.05, 3.63) is 53.4 Å². The maximum atomic E-state index is 13.8. The second-order valence-electron chi connectivity index (χ2n) is 16.6. The molecule has 2 aromatic rings. The Balaban J connectivity index is 1.18. The molecule has 0 saturated heterocycles. The van der Waals surface area contributed by atoms with E-state index in [9.17, 15) is 19.2 Å². The highest BCUT2D eigenvalue weighted by atomic mass is 35.5. The second kappa shape index (κ2) is 21.7. The minimum atomic E-state index is -1.60. The predicted octanol–water partition coefficient (Wildman–Crippen LogP) is 14.0. The Bertz CT molecular complexity index is 1630. The van der Waals surface area contributed by atoms with Gasteiger partial charge in [0.2, 0.25) is 0 Å². The van der Waals surface area contributed by atoms with Crippen LogP contribution < -0.4 is 9.47 Å². The minimum Gasteiger partial charge on any atom is -0.462 e. The summed E-state index contributed by atoms with van der Waals surface area (Å²) < 4.78 is 22.7. The van der Waals surface area contributed by atoms with Gasteiger partial charge in [-0.2, -0.15) is 0 Å². The summed E-state index contributed by atoms with van der Waals surface area (Å²) in [7, 11) is 0. The predicted molar refractivity (Wildman–Crippen MR) is 228 cm³/mol. The van der Waals surface area contributed by atoms with Crippen molar-refractivity contribution in [2.45, 2.75) is 128 Å². The number of rotatable bonds is 12. The van der Waals surface area contributed by atoms with Crippen LogP contribution >= 0.6 is 69.6 Å². The zero-order valence-corrected chi connectivity index (χ0v) is 37.2. The Morgan fingerprint density at radius 1 is 0.448 bits per heavy atom. The van der Waals surface area contributed by atoms with Gasteiger partial charge in [0.1, 0.15) is 11.1 Å². The number of halogens is 6. The molecule has 0 N–H and O–H groups in total. The average molecular weight is 922 g/mol. The van der Waals surface area contributed by atoms with E-state index in [0.29, 0.717) is 23.7 Å². The Hall–Kier alpha value is -1.94. The first-order valence-electron chi connectivity index (χ1n) is 21.1. The van der Waals surface area contributed by atoms with Crippen LogP contribution in [0.15, 0.2) is 12.1 Å². The van der Waals surface area contributed by atoms with Crippen molar-refractivity contribution >= 4 is 93.5 Å². The van der Waals surface area contributed by atoms with Crippen LogP contribution in [0.5, 0.6) is 11.5 Å². The smallest absolute Gasteiger partial charge is 0.423 e. The highest BCUT2D eigenvalue weighted by Crippen LogP contribution is 2.45. The molecule has 14 heteroatoms. The molecule has 0 heterocycles. The van der Waals surface area contributed by atoms with Gasteiger partial charge in [0.15, 0.2) is 11.5 Å². The molecular formula is C44H52Cl6O8. The van der Waals surface area contributed by atoms with E-state index in [1.807, 2.05) is 0 Å². The van der Waals surface area contributed by atoms with E-state index in [0.717, 1.165) is 103 Å². The summed E-state index contributed by atoms with van der Waals surface area (Å²) >= 11 is 38.7. The van der Waals surface area contributed by atoms with Gasteiger partial charge < -0.3 is 18.9 Å². The molecule has 0 spiro atoms. The Labute approximate surface area is 371 Å². The number of hydrogen-bond donors (Lipinski definition) is 0. The summed E-state index contributed by atoms with van der Waals surface area (Å²) in [5.74, 6) is -4.03. The van der Waals surface area contributed by atoms with E-state index in [2.05, 4.69) is 0 Å². The molecule has 318 valence electrons. The van der Waals surface area contributed by atoms with Crippen LogP contribution in [0.4, 0.5) is 0 Å². The molecule has 0 atom stereocenters. The lowest BCUT2D eigenvalue weighted by atomic mass is 9.70. The summed E-state index contributed by atoms with van der Waals surface area (Å²) in [6, 6.07) is 2.36. The molecule has 0 radical (unpaired) electrons. The van der Waals surface area contributed by atoms with E-state index in [1.54, 1.807) is 0 Å². The molecule has 8 nitrogen and oxygen atoms in total. The zero-order valence-electron chi connectivity index (χ0n) is 32.7.